The van der Waals surface area contributed by atoms with Gasteiger partial charge in [0.1, 0.15) is 0 Å². The van der Waals surface area contributed by atoms with Gasteiger partial charge in [0.15, 0.2) is 0 Å². The average molecular weight is 246 g/mol. The van der Waals surface area contributed by atoms with Crippen molar-refractivity contribution in [1.82, 2.24) is 4.90 Å². The summed E-state index contributed by atoms with van der Waals surface area (Å²) in [4.78, 5) is 14.2. The van der Waals surface area contributed by atoms with Crippen molar-refractivity contribution >= 4 is 34.9 Å². The van der Waals surface area contributed by atoms with Gasteiger partial charge in [0.05, 0.1) is 10.9 Å². The van der Waals surface area contributed by atoms with Crippen LogP contribution in [0.15, 0.2) is 0 Å². The molecular formula is C10H18N2OS2. The molecule has 1 rings (SSSR count). The standard InChI is InChI=1S/C10H18N2OS2/c1-3-8(9(11)14)10(13)12(2)7-4-5-15-6-7/h7-8H,3-6H2,1-2H3,(H2,11,14). The molecule has 0 radical (unpaired) electrons. The van der Waals surface area contributed by atoms with E-state index >= 15 is 0 Å². The number of thiocarbonyl (C=S) groups is 1. The van der Waals surface area contributed by atoms with Gasteiger partial charge in [-0.25, -0.2) is 0 Å². The Morgan fingerprint density at radius 2 is 2.40 bits per heavy atom. The molecule has 1 aliphatic heterocycles. The van der Waals surface area contributed by atoms with Gasteiger partial charge in [0.2, 0.25) is 5.91 Å². The monoisotopic (exact) mass is 246 g/mol. The zero-order chi connectivity index (χ0) is 11.4. The van der Waals surface area contributed by atoms with Crippen molar-refractivity contribution in [3.8, 4) is 0 Å². The highest BCUT2D eigenvalue weighted by molar-refractivity contribution is 7.99. The van der Waals surface area contributed by atoms with Gasteiger partial charge in [0, 0.05) is 18.8 Å². The zero-order valence-electron chi connectivity index (χ0n) is 9.23. The molecule has 2 unspecified atom stereocenters. The van der Waals surface area contributed by atoms with Crippen molar-refractivity contribution in [1.29, 1.82) is 0 Å². The van der Waals surface area contributed by atoms with Crippen LogP contribution in [0.5, 0.6) is 0 Å². The number of nitrogens with two attached hydrogens (primary N) is 1. The lowest BCUT2D eigenvalue weighted by Crippen LogP contribution is -2.44. The highest BCUT2D eigenvalue weighted by atomic mass is 32.2. The lowest BCUT2D eigenvalue weighted by atomic mass is 10.0. The molecule has 15 heavy (non-hydrogen) atoms. The van der Waals surface area contributed by atoms with E-state index in [1.165, 1.54) is 0 Å². The van der Waals surface area contributed by atoms with Crippen molar-refractivity contribution in [2.75, 3.05) is 18.6 Å². The van der Waals surface area contributed by atoms with Gasteiger partial charge in [-0.2, -0.15) is 11.8 Å². The minimum Gasteiger partial charge on any atom is -0.393 e. The summed E-state index contributed by atoms with van der Waals surface area (Å²) in [6.45, 7) is 1.94. The number of carbonyl (C=O) groups excluding carboxylic acids is 1. The normalized spacial score (nSPS) is 22.4. The van der Waals surface area contributed by atoms with Crippen molar-refractivity contribution < 1.29 is 4.79 Å². The second kappa shape index (κ2) is 5.70. The van der Waals surface area contributed by atoms with Gasteiger partial charge in [-0.05, 0) is 18.6 Å². The fraction of sp³-hybridized carbons (Fsp3) is 0.800. The highest BCUT2D eigenvalue weighted by Crippen LogP contribution is 2.23. The van der Waals surface area contributed by atoms with Crippen LogP contribution in [0.4, 0.5) is 0 Å². The van der Waals surface area contributed by atoms with E-state index in [4.69, 9.17) is 18.0 Å². The second-order valence-corrected chi connectivity index (χ2v) is 5.45. The molecule has 1 heterocycles. The minimum atomic E-state index is -0.282. The van der Waals surface area contributed by atoms with E-state index < -0.39 is 0 Å². The Hall–Kier alpha value is -0.290. The Morgan fingerprint density at radius 3 is 2.80 bits per heavy atom. The third kappa shape index (κ3) is 3.08. The van der Waals surface area contributed by atoms with Gasteiger partial charge >= 0.3 is 0 Å². The van der Waals surface area contributed by atoms with Crippen molar-refractivity contribution in [2.45, 2.75) is 25.8 Å². The quantitative estimate of drug-likeness (QED) is 0.759. The SMILES string of the molecule is CCC(C(=O)N(C)C1CCSC1)C(N)=S. The molecule has 5 heteroatoms. The van der Waals surface area contributed by atoms with E-state index in [-0.39, 0.29) is 11.8 Å². The van der Waals surface area contributed by atoms with Crippen LogP contribution in [0.1, 0.15) is 19.8 Å². The van der Waals surface area contributed by atoms with Crippen LogP contribution in [-0.4, -0.2) is 40.4 Å². The Kier molecular flexibility index (Phi) is 4.86. The maximum Gasteiger partial charge on any atom is 0.232 e. The van der Waals surface area contributed by atoms with E-state index in [2.05, 4.69) is 0 Å². The van der Waals surface area contributed by atoms with Crippen LogP contribution in [-0.2, 0) is 4.79 Å². The van der Waals surface area contributed by atoms with E-state index in [1.54, 1.807) is 0 Å². The fourth-order valence-corrected chi connectivity index (χ4v) is 3.29. The fourth-order valence-electron chi connectivity index (χ4n) is 1.75. The molecule has 2 N–H and O–H groups in total. The summed E-state index contributed by atoms with van der Waals surface area (Å²) >= 11 is 6.81. The molecule has 1 aliphatic rings. The van der Waals surface area contributed by atoms with Gasteiger partial charge in [-0.15, -0.1) is 0 Å². The van der Waals surface area contributed by atoms with E-state index in [0.717, 1.165) is 17.9 Å². The average Bonchev–Trinajstić information content (AvgIpc) is 2.69. The van der Waals surface area contributed by atoms with Gasteiger partial charge < -0.3 is 10.6 Å². The van der Waals surface area contributed by atoms with Crippen LogP contribution in [0.3, 0.4) is 0 Å². The molecule has 1 saturated heterocycles. The largest absolute Gasteiger partial charge is 0.393 e. The van der Waals surface area contributed by atoms with E-state index in [0.29, 0.717) is 17.5 Å². The lowest BCUT2D eigenvalue weighted by Gasteiger charge is -2.27. The van der Waals surface area contributed by atoms with Crippen LogP contribution >= 0.6 is 24.0 Å². The summed E-state index contributed by atoms with van der Waals surface area (Å²) in [7, 11) is 1.86. The Morgan fingerprint density at radius 1 is 1.73 bits per heavy atom. The second-order valence-electron chi connectivity index (χ2n) is 3.83. The molecule has 1 fully saturated rings. The number of thioether (sulfide) groups is 1. The van der Waals surface area contributed by atoms with Gasteiger partial charge in [-0.3, -0.25) is 4.79 Å². The Balaban J connectivity index is 2.60. The first kappa shape index (κ1) is 12.8. The number of carbonyl (C=O) groups is 1. The first-order valence-corrected chi connectivity index (χ1v) is 6.78. The molecule has 2 atom stereocenters. The Bertz CT molecular complexity index is 252. The summed E-state index contributed by atoms with van der Waals surface area (Å²) < 4.78 is 0. The lowest BCUT2D eigenvalue weighted by molar-refractivity contribution is -0.133. The number of rotatable bonds is 4. The maximum atomic E-state index is 12.1. The predicted octanol–water partition coefficient (Wildman–Crippen LogP) is 1.26. The smallest absolute Gasteiger partial charge is 0.232 e. The highest BCUT2D eigenvalue weighted by Gasteiger charge is 2.29. The molecular weight excluding hydrogens is 228 g/mol. The summed E-state index contributed by atoms with van der Waals surface area (Å²) in [5.74, 6) is 1.98. The first-order valence-electron chi connectivity index (χ1n) is 5.21. The number of hydrogen-bond donors (Lipinski definition) is 1. The first-order chi connectivity index (χ1) is 7.07. The van der Waals surface area contributed by atoms with Crippen LogP contribution in [0.2, 0.25) is 0 Å². The maximum absolute atomic E-state index is 12.1. The van der Waals surface area contributed by atoms with E-state index in [1.807, 2.05) is 30.6 Å². The van der Waals surface area contributed by atoms with Gasteiger partial charge in [-0.1, -0.05) is 19.1 Å². The summed E-state index contributed by atoms with van der Waals surface area (Å²) in [6.07, 6.45) is 1.78. The zero-order valence-corrected chi connectivity index (χ0v) is 10.9. The molecule has 0 saturated carbocycles. The summed E-state index contributed by atoms with van der Waals surface area (Å²) in [6, 6.07) is 0.367. The van der Waals surface area contributed by atoms with Gasteiger partial charge in [0.25, 0.3) is 0 Å². The third-order valence-corrected chi connectivity index (χ3v) is 4.28. The molecule has 86 valence electrons. The summed E-state index contributed by atoms with van der Waals surface area (Å²) in [5, 5.41) is 0. The molecule has 0 aromatic heterocycles. The molecule has 0 aliphatic carbocycles. The molecule has 0 aromatic rings. The Labute approximate surface area is 101 Å². The minimum absolute atomic E-state index is 0.0810. The van der Waals surface area contributed by atoms with Crippen molar-refractivity contribution in [3.63, 3.8) is 0 Å². The number of hydrogen-bond acceptors (Lipinski definition) is 3. The topological polar surface area (TPSA) is 46.3 Å². The van der Waals surface area contributed by atoms with Crippen LogP contribution in [0.25, 0.3) is 0 Å². The summed E-state index contributed by atoms with van der Waals surface area (Å²) in [5.41, 5.74) is 5.56. The van der Waals surface area contributed by atoms with E-state index in [9.17, 15) is 4.79 Å². The molecule has 0 bridgehead atoms. The number of amides is 1. The molecule has 1 amide bonds. The number of nitrogens with zero attached hydrogens (tertiary/aromatic N) is 1. The molecule has 3 nitrogen and oxygen atoms in total. The molecule has 0 aromatic carbocycles. The molecule has 0 spiro atoms. The predicted molar refractivity (Wildman–Crippen MR) is 69.1 cm³/mol. The third-order valence-electron chi connectivity index (χ3n) is 2.85. The van der Waals surface area contributed by atoms with Crippen molar-refractivity contribution in [2.24, 2.45) is 11.7 Å². The van der Waals surface area contributed by atoms with Crippen LogP contribution < -0.4 is 5.73 Å². The van der Waals surface area contributed by atoms with Crippen molar-refractivity contribution in [3.05, 3.63) is 0 Å². The van der Waals surface area contributed by atoms with Crippen LogP contribution in [0, 0.1) is 5.92 Å².